The molecular weight excluding hydrogens is 517 g/mol. The Balaban J connectivity index is 2.03. The molecule has 0 radical (unpaired) electrons. The maximum atomic E-state index is 13.8. The molecule has 1 atom stereocenters. The number of benzene rings is 3. The first-order valence-corrected chi connectivity index (χ1v) is 13.9. The third kappa shape index (κ3) is 8.03. The lowest BCUT2D eigenvalue weighted by molar-refractivity contribution is -0.140. The average Bonchev–Trinajstić information content (AvgIpc) is 2.85. The molecule has 10 heteroatoms. The number of amides is 2. The summed E-state index contributed by atoms with van der Waals surface area (Å²) in [6.07, 6.45) is 1.19. The number of rotatable bonds is 11. The van der Waals surface area contributed by atoms with Gasteiger partial charge in [0.05, 0.1) is 11.9 Å². The van der Waals surface area contributed by atoms with Crippen LogP contribution in [-0.2, 0) is 32.6 Å². The summed E-state index contributed by atoms with van der Waals surface area (Å²) >= 11 is 6.17. The third-order valence-electron chi connectivity index (χ3n) is 5.66. The summed E-state index contributed by atoms with van der Waals surface area (Å²) in [5, 5.41) is 3.25. The van der Waals surface area contributed by atoms with Crippen molar-refractivity contribution in [2.45, 2.75) is 25.9 Å². The van der Waals surface area contributed by atoms with E-state index in [4.69, 9.17) is 11.6 Å². The minimum Gasteiger partial charge on any atom is -0.355 e. The molecule has 1 N–H and O–H groups in total. The summed E-state index contributed by atoms with van der Waals surface area (Å²) in [5.41, 5.74) is 1.65. The van der Waals surface area contributed by atoms with Crippen LogP contribution in [-0.4, -0.2) is 50.5 Å². The molecule has 37 heavy (non-hydrogen) atoms. The fourth-order valence-corrected chi connectivity index (χ4v) is 4.96. The highest BCUT2D eigenvalue weighted by atomic mass is 35.5. The predicted octanol–water partition coefficient (Wildman–Crippen LogP) is 4.02. The second-order valence-electron chi connectivity index (χ2n) is 8.50. The van der Waals surface area contributed by atoms with Crippen molar-refractivity contribution >= 4 is 39.1 Å². The van der Waals surface area contributed by atoms with Gasteiger partial charge >= 0.3 is 0 Å². The molecule has 0 heterocycles. The van der Waals surface area contributed by atoms with Gasteiger partial charge in [-0.2, -0.15) is 0 Å². The van der Waals surface area contributed by atoms with Gasteiger partial charge in [0.1, 0.15) is 18.4 Å². The van der Waals surface area contributed by atoms with Gasteiger partial charge in [-0.1, -0.05) is 54.1 Å². The van der Waals surface area contributed by atoms with E-state index < -0.39 is 34.3 Å². The minimum atomic E-state index is -3.91. The van der Waals surface area contributed by atoms with Gasteiger partial charge in [0.15, 0.2) is 0 Å². The zero-order valence-electron chi connectivity index (χ0n) is 20.6. The number of carbonyl (C=O) groups is 2. The predicted molar refractivity (Wildman–Crippen MR) is 143 cm³/mol. The molecule has 2 amide bonds. The van der Waals surface area contributed by atoms with Gasteiger partial charge < -0.3 is 10.2 Å². The highest BCUT2D eigenvalue weighted by Crippen LogP contribution is 2.21. The topological polar surface area (TPSA) is 86.8 Å². The molecule has 196 valence electrons. The highest BCUT2D eigenvalue weighted by Gasteiger charge is 2.32. The van der Waals surface area contributed by atoms with Crippen molar-refractivity contribution in [3.8, 4) is 0 Å². The van der Waals surface area contributed by atoms with Crippen LogP contribution in [0.15, 0.2) is 78.9 Å². The summed E-state index contributed by atoms with van der Waals surface area (Å²) < 4.78 is 39.7. The quantitative estimate of drug-likeness (QED) is 0.394. The van der Waals surface area contributed by atoms with E-state index in [-0.39, 0.29) is 24.6 Å². The average molecular weight is 546 g/mol. The lowest BCUT2D eigenvalue weighted by atomic mass is 10.0. The van der Waals surface area contributed by atoms with Gasteiger partial charge in [0.2, 0.25) is 21.8 Å². The fourth-order valence-electron chi connectivity index (χ4n) is 3.90. The monoisotopic (exact) mass is 545 g/mol. The standard InChI is InChI=1S/C27H29ClFN3O4S/c1-3-30-27(34)25(17-20-8-5-4-6-9-20)31(18-21-10-7-11-22(28)16-21)26(33)19-32(37(2,35)36)24-14-12-23(29)13-15-24/h4-16,25H,3,17-19H2,1-2H3,(H,30,34)/t25-/m0/s1. The molecule has 3 rings (SSSR count). The van der Waals surface area contributed by atoms with Crippen molar-refractivity contribution in [3.05, 3.63) is 101 Å². The Hall–Kier alpha value is -3.43. The molecule has 0 spiro atoms. The van der Waals surface area contributed by atoms with E-state index in [1.807, 2.05) is 30.3 Å². The second kappa shape index (κ2) is 12.7. The summed E-state index contributed by atoms with van der Waals surface area (Å²) in [4.78, 5) is 28.4. The number of hydrogen-bond acceptors (Lipinski definition) is 4. The third-order valence-corrected chi connectivity index (χ3v) is 7.03. The number of carbonyl (C=O) groups excluding carboxylic acids is 2. The van der Waals surface area contributed by atoms with Crippen LogP contribution in [0, 0.1) is 5.82 Å². The maximum Gasteiger partial charge on any atom is 0.244 e. The SMILES string of the molecule is CCNC(=O)[C@H](Cc1ccccc1)N(Cc1cccc(Cl)c1)C(=O)CN(c1ccc(F)cc1)S(C)(=O)=O. The smallest absolute Gasteiger partial charge is 0.244 e. The molecule has 0 fully saturated rings. The van der Waals surface area contributed by atoms with Crippen molar-refractivity contribution in [1.29, 1.82) is 0 Å². The van der Waals surface area contributed by atoms with E-state index in [1.165, 1.54) is 17.0 Å². The zero-order valence-corrected chi connectivity index (χ0v) is 22.2. The second-order valence-corrected chi connectivity index (χ2v) is 10.8. The van der Waals surface area contributed by atoms with Gasteiger partial charge in [-0.3, -0.25) is 13.9 Å². The minimum absolute atomic E-state index is 0.0229. The van der Waals surface area contributed by atoms with Gasteiger partial charge in [-0.05, 0) is 54.4 Å². The normalized spacial score (nSPS) is 12.0. The van der Waals surface area contributed by atoms with Crippen molar-refractivity contribution in [3.63, 3.8) is 0 Å². The molecule has 0 saturated carbocycles. The van der Waals surface area contributed by atoms with E-state index in [0.29, 0.717) is 17.1 Å². The molecule has 0 aliphatic rings. The lowest BCUT2D eigenvalue weighted by Crippen LogP contribution is -2.53. The van der Waals surface area contributed by atoms with Crippen LogP contribution >= 0.6 is 11.6 Å². The molecule has 7 nitrogen and oxygen atoms in total. The molecule has 0 aliphatic heterocycles. The maximum absolute atomic E-state index is 13.8. The van der Waals surface area contributed by atoms with Gasteiger partial charge in [-0.15, -0.1) is 0 Å². The molecule has 0 unspecified atom stereocenters. The van der Waals surface area contributed by atoms with Crippen molar-refractivity contribution in [1.82, 2.24) is 10.2 Å². The lowest BCUT2D eigenvalue weighted by Gasteiger charge is -2.33. The van der Waals surface area contributed by atoms with Crippen molar-refractivity contribution < 1.29 is 22.4 Å². The Morgan fingerprint density at radius 2 is 1.62 bits per heavy atom. The molecule has 0 saturated heterocycles. The largest absolute Gasteiger partial charge is 0.355 e. The van der Waals surface area contributed by atoms with Gasteiger partial charge in [0, 0.05) is 24.5 Å². The van der Waals surface area contributed by atoms with Crippen LogP contribution in [0.1, 0.15) is 18.1 Å². The first kappa shape index (κ1) is 28.1. The molecule has 0 bridgehead atoms. The van der Waals surface area contributed by atoms with Gasteiger partial charge in [0.25, 0.3) is 0 Å². The summed E-state index contributed by atoms with van der Waals surface area (Å²) in [7, 11) is -3.91. The number of sulfonamides is 1. The van der Waals surface area contributed by atoms with Crippen LogP contribution < -0.4 is 9.62 Å². The Kier molecular flexibility index (Phi) is 9.66. The Morgan fingerprint density at radius 3 is 2.22 bits per heavy atom. The number of likely N-dealkylation sites (N-methyl/N-ethyl adjacent to an activating group) is 1. The Labute approximate surface area is 221 Å². The first-order valence-electron chi connectivity index (χ1n) is 11.7. The highest BCUT2D eigenvalue weighted by molar-refractivity contribution is 7.92. The Bertz CT molecular complexity index is 1320. The van der Waals surface area contributed by atoms with Gasteiger partial charge in [-0.25, -0.2) is 12.8 Å². The molecule has 3 aromatic carbocycles. The van der Waals surface area contributed by atoms with Crippen molar-refractivity contribution in [2.24, 2.45) is 0 Å². The van der Waals surface area contributed by atoms with Crippen LogP contribution in [0.4, 0.5) is 10.1 Å². The zero-order chi connectivity index (χ0) is 27.0. The fraction of sp³-hybridized carbons (Fsp3) is 0.259. The van der Waals surface area contributed by atoms with Crippen LogP contribution in [0.5, 0.6) is 0 Å². The van der Waals surface area contributed by atoms with Crippen LogP contribution in [0.2, 0.25) is 5.02 Å². The van der Waals surface area contributed by atoms with Crippen LogP contribution in [0.3, 0.4) is 0 Å². The molecule has 3 aromatic rings. The first-order chi connectivity index (χ1) is 17.6. The van der Waals surface area contributed by atoms with E-state index in [0.717, 1.165) is 28.3 Å². The van der Waals surface area contributed by atoms with Crippen LogP contribution in [0.25, 0.3) is 0 Å². The number of nitrogens with zero attached hydrogens (tertiary/aromatic N) is 2. The number of halogens is 2. The molecule has 0 aromatic heterocycles. The van der Waals surface area contributed by atoms with E-state index in [9.17, 15) is 22.4 Å². The van der Waals surface area contributed by atoms with E-state index in [2.05, 4.69) is 5.32 Å². The summed E-state index contributed by atoms with van der Waals surface area (Å²) in [6.45, 7) is 1.58. The van der Waals surface area contributed by atoms with E-state index in [1.54, 1.807) is 31.2 Å². The number of nitrogens with one attached hydrogen (secondary N) is 1. The summed E-state index contributed by atoms with van der Waals surface area (Å²) in [6, 6.07) is 20.0. The van der Waals surface area contributed by atoms with E-state index >= 15 is 0 Å². The number of anilines is 1. The molecule has 0 aliphatic carbocycles. The molecular formula is C27H29ClFN3O4S. The Morgan fingerprint density at radius 1 is 0.973 bits per heavy atom. The summed E-state index contributed by atoms with van der Waals surface area (Å²) in [5.74, 6) is -1.50. The number of hydrogen-bond donors (Lipinski definition) is 1. The van der Waals surface area contributed by atoms with Crippen molar-refractivity contribution in [2.75, 3.05) is 23.7 Å².